The number of sulfonamides is 1. The molecule has 7 nitrogen and oxygen atoms in total. The van der Waals surface area contributed by atoms with Crippen LogP contribution in [0.25, 0.3) is 0 Å². The molecule has 30 heavy (non-hydrogen) atoms. The van der Waals surface area contributed by atoms with E-state index >= 15 is 0 Å². The van der Waals surface area contributed by atoms with Crippen molar-refractivity contribution in [2.45, 2.75) is 62.3 Å². The fraction of sp³-hybridized carbons (Fsp3) is 0.591. The number of nitrogens with one attached hydrogen (secondary N) is 1. The summed E-state index contributed by atoms with van der Waals surface area (Å²) in [4.78, 5) is 13.8. The zero-order valence-electron chi connectivity index (χ0n) is 17.5. The van der Waals surface area contributed by atoms with Crippen LogP contribution in [0.2, 0.25) is 0 Å². The first-order valence-electron chi connectivity index (χ1n) is 10.3. The van der Waals surface area contributed by atoms with Gasteiger partial charge in [-0.2, -0.15) is 0 Å². The number of likely N-dealkylation sites (tertiary alicyclic amines) is 1. The molecule has 1 aromatic carbocycles. The number of nitrogens with zero attached hydrogens (tertiary/aromatic N) is 1. The average molecular weight is 435 g/mol. The number of hydrogen-bond acceptors (Lipinski definition) is 5. The maximum atomic E-state index is 12.3. The summed E-state index contributed by atoms with van der Waals surface area (Å²) in [6.07, 6.45) is 10.5. The molecular formula is C22H30N2O5S. The van der Waals surface area contributed by atoms with E-state index in [1.54, 1.807) is 0 Å². The van der Waals surface area contributed by atoms with Crippen LogP contribution in [0.5, 0.6) is 0 Å². The Morgan fingerprint density at radius 1 is 1.23 bits per heavy atom. The number of terminal acetylenes is 1. The van der Waals surface area contributed by atoms with E-state index < -0.39 is 34.2 Å². The number of amides is 1. The van der Waals surface area contributed by atoms with Crippen molar-refractivity contribution in [3.05, 3.63) is 35.9 Å². The largest absolute Gasteiger partial charge is 0.453 e. The normalized spacial score (nSPS) is 29.4. The lowest BCUT2D eigenvalue weighted by Gasteiger charge is -2.33. The van der Waals surface area contributed by atoms with Gasteiger partial charge in [-0.05, 0) is 43.6 Å². The monoisotopic (exact) mass is 434 g/mol. The van der Waals surface area contributed by atoms with Crippen LogP contribution >= 0.6 is 0 Å². The molecule has 164 valence electrons. The summed E-state index contributed by atoms with van der Waals surface area (Å²) in [6, 6.07) is 8.92. The molecule has 0 radical (unpaired) electrons. The molecular weight excluding hydrogens is 404 g/mol. The number of carbonyl (C=O) groups is 1. The highest BCUT2D eigenvalue weighted by Crippen LogP contribution is 2.34. The molecule has 1 aliphatic heterocycles. The van der Waals surface area contributed by atoms with Gasteiger partial charge in [0.25, 0.3) is 0 Å². The predicted molar refractivity (Wildman–Crippen MR) is 114 cm³/mol. The van der Waals surface area contributed by atoms with Crippen molar-refractivity contribution < 1.29 is 22.7 Å². The van der Waals surface area contributed by atoms with E-state index in [-0.39, 0.29) is 12.7 Å². The Bertz CT molecular complexity index is 859. The molecule has 0 spiro atoms. The molecule has 8 heteroatoms. The first-order valence-corrected chi connectivity index (χ1v) is 12.2. The minimum atomic E-state index is -3.46. The summed E-state index contributed by atoms with van der Waals surface area (Å²) in [5.41, 5.74) is 1.36. The van der Waals surface area contributed by atoms with E-state index in [0.29, 0.717) is 12.3 Å². The second-order valence-electron chi connectivity index (χ2n) is 8.08. The molecule has 1 N–H and O–H groups in total. The lowest BCUT2D eigenvalue weighted by Crippen LogP contribution is -2.50. The second-order valence-corrected chi connectivity index (χ2v) is 9.86. The lowest BCUT2D eigenvalue weighted by atomic mass is 9.83. The summed E-state index contributed by atoms with van der Waals surface area (Å²) in [7, 11) is -2.17. The molecule has 3 unspecified atom stereocenters. The Balaban J connectivity index is 1.63. The Morgan fingerprint density at radius 2 is 1.90 bits per heavy atom. The van der Waals surface area contributed by atoms with Crippen LogP contribution in [-0.2, 0) is 19.5 Å². The van der Waals surface area contributed by atoms with E-state index in [0.717, 1.165) is 31.9 Å². The molecule has 3 rings (SSSR count). The topological polar surface area (TPSA) is 84.9 Å². The number of benzene rings is 1. The molecule has 1 amide bonds. The van der Waals surface area contributed by atoms with E-state index in [1.807, 2.05) is 6.07 Å². The quantitative estimate of drug-likeness (QED) is 0.696. The van der Waals surface area contributed by atoms with Crippen molar-refractivity contribution in [1.29, 1.82) is 0 Å². The molecule has 3 atom stereocenters. The molecule has 1 heterocycles. The third kappa shape index (κ3) is 5.54. The predicted octanol–water partition coefficient (Wildman–Crippen LogP) is 2.49. The van der Waals surface area contributed by atoms with Gasteiger partial charge in [-0.15, -0.1) is 6.42 Å². The van der Waals surface area contributed by atoms with Crippen LogP contribution in [0.1, 0.15) is 43.6 Å². The van der Waals surface area contributed by atoms with Gasteiger partial charge in [0.05, 0.1) is 38.2 Å². The minimum Gasteiger partial charge on any atom is -0.453 e. The van der Waals surface area contributed by atoms with Crippen molar-refractivity contribution in [2.75, 3.05) is 20.0 Å². The van der Waals surface area contributed by atoms with Crippen LogP contribution in [0.15, 0.2) is 30.3 Å². The summed E-state index contributed by atoms with van der Waals surface area (Å²) in [6.45, 7) is 0.209. The van der Waals surface area contributed by atoms with E-state index in [2.05, 4.69) is 34.9 Å². The molecule has 1 aliphatic carbocycles. The van der Waals surface area contributed by atoms with Crippen molar-refractivity contribution in [2.24, 2.45) is 0 Å². The van der Waals surface area contributed by atoms with E-state index in [1.165, 1.54) is 17.6 Å². The van der Waals surface area contributed by atoms with Gasteiger partial charge in [0, 0.05) is 6.04 Å². The summed E-state index contributed by atoms with van der Waals surface area (Å²) in [5, 5.41) is 0. The molecule has 1 saturated carbocycles. The average Bonchev–Trinajstić information content (AvgIpc) is 3.08. The molecule has 0 aromatic heterocycles. The Kier molecular flexibility index (Phi) is 7.40. The highest BCUT2D eigenvalue weighted by atomic mass is 32.2. The van der Waals surface area contributed by atoms with Crippen LogP contribution in [0.4, 0.5) is 4.79 Å². The molecule has 0 bridgehead atoms. The van der Waals surface area contributed by atoms with Crippen molar-refractivity contribution in [3.63, 3.8) is 0 Å². The number of carbonyl (C=O) groups excluding carboxylic acids is 1. The van der Waals surface area contributed by atoms with Crippen LogP contribution in [-0.4, -0.2) is 63.6 Å². The fourth-order valence-electron chi connectivity index (χ4n) is 4.57. The van der Waals surface area contributed by atoms with Crippen LogP contribution in [0.3, 0.4) is 0 Å². The van der Waals surface area contributed by atoms with Crippen molar-refractivity contribution in [3.8, 4) is 12.3 Å². The zero-order chi connectivity index (χ0) is 21.7. The van der Waals surface area contributed by atoms with Gasteiger partial charge < -0.3 is 9.47 Å². The molecule has 1 saturated heterocycles. The number of methoxy groups -OCH3 is 1. The van der Waals surface area contributed by atoms with E-state index in [4.69, 9.17) is 15.9 Å². The van der Waals surface area contributed by atoms with Crippen molar-refractivity contribution in [1.82, 2.24) is 9.62 Å². The Hall–Kier alpha value is -2.08. The van der Waals surface area contributed by atoms with Gasteiger partial charge in [0.15, 0.2) is 0 Å². The number of ether oxygens (including phenoxy) is 2. The highest BCUT2D eigenvalue weighted by molar-refractivity contribution is 7.88. The minimum absolute atomic E-state index is 0.0771. The van der Waals surface area contributed by atoms with Gasteiger partial charge in [0.2, 0.25) is 10.0 Å². The lowest BCUT2D eigenvalue weighted by molar-refractivity contribution is -0.00730. The number of hydrogen-bond donors (Lipinski definition) is 1. The zero-order valence-corrected chi connectivity index (χ0v) is 18.3. The van der Waals surface area contributed by atoms with Gasteiger partial charge >= 0.3 is 6.09 Å². The SMILES string of the molecule is C#CC1CC(NS(C)(=O)=O)C(COC2CCC(c3ccccc3)CC2)N1C(=O)OC. The Labute approximate surface area is 179 Å². The molecule has 1 aromatic rings. The first-order chi connectivity index (χ1) is 14.3. The fourth-order valence-corrected chi connectivity index (χ4v) is 5.38. The third-order valence-corrected chi connectivity index (χ3v) is 6.76. The molecule has 2 fully saturated rings. The standard InChI is InChI=1S/C22H30N2O5S/c1-4-18-14-20(23-30(3,26)27)21(24(18)22(25)28-2)15-29-19-12-10-17(11-13-19)16-8-6-5-7-9-16/h1,5-9,17-21,23H,10-15H2,2-3H3. The van der Waals surface area contributed by atoms with Crippen LogP contribution < -0.4 is 4.72 Å². The van der Waals surface area contributed by atoms with Crippen molar-refractivity contribution >= 4 is 16.1 Å². The Morgan fingerprint density at radius 3 is 2.47 bits per heavy atom. The summed E-state index contributed by atoms with van der Waals surface area (Å²) in [5.74, 6) is 3.11. The van der Waals surface area contributed by atoms with Gasteiger partial charge in [-0.1, -0.05) is 36.3 Å². The number of rotatable bonds is 6. The second kappa shape index (κ2) is 9.82. The first kappa shape index (κ1) is 22.6. The maximum absolute atomic E-state index is 12.3. The smallest absolute Gasteiger partial charge is 0.410 e. The van der Waals surface area contributed by atoms with Gasteiger partial charge in [0.1, 0.15) is 0 Å². The van der Waals surface area contributed by atoms with Gasteiger partial charge in [-0.3, -0.25) is 4.90 Å². The van der Waals surface area contributed by atoms with Crippen LogP contribution in [0, 0.1) is 12.3 Å². The third-order valence-electron chi connectivity index (χ3n) is 6.03. The van der Waals surface area contributed by atoms with Gasteiger partial charge in [-0.25, -0.2) is 17.9 Å². The molecule has 2 aliphatic rings. The van der Waals surface area contributed by atoms with E-state index in [9.17, 15) is 13.2 Å². The highest BCUT2D eigenvalue weighted by Gasteiger charge is 2.45. The summed E-state index contributed by atoms with van der Waals surface area (Å²) >= 11 is 0. The summed E-state index contributed by atoms with van der Waals surface area (Å²) < 4.78 is 37.3. The maximum Gasteiger partial charge on any atom is 0.410 e.